The predicted octanol–water partition coefficient (Wildman–Crippen LogP) is 3.98. The first-order valence-electron chi connectivity index (χ1n) is 5.94. The average Bonchev–Trinajstić information content (AvgIpc) is 2.45. The van der Waals surface area contributed by atoms with Gasteiger partial charge in [-0.15, -0.1) is 0 Å². The van der Waals surface area contributed by atoms with E-state index in [1.165, 1.54) is 19.2 Å². The minimum atomic E-state index is -0.369. The molecule has 110 valence electrons. The summed E-state index contributed by atoms with van der Waals surface area (Å²) in [7, 11) is 1.54. The van der Waals surface area contributed by atoms with E-state index < -0.39 is 0 Å². The molecule has 21 heavy (non-hydrogen) atoms. The summed E-state index contributed by atoms with van der Waals surface area (Å²) in [4.78, 5) is 15.9. The molecule has 1 aromatic heterocycles. The lowest BCUT2D eigenvalue weighted by molar-refractivity contribution is 0.0950. The first-order valence-corrected chi connectivity index (χ1v) is 7.08. The number of methoxy groups -OCH3 is 1. The maximum atomic E-state index is 12.1. The van der Waals surface area contributed by atoms with Gasteiger partial charge in [0.2, 0.25) is 0 Å². The Kier molecular flexibility index (Phi) is 5.28. The van der Waals surface area contributed by atoms with E-state index in [1.54, 1.807) is 18.2 Å². The van der Waals surface area contributed by atoms with Crippen molar-refractivity contribution in [3.63, 3.8) is 0 Å². The molecule has 0 bridgehead atoms. The molecule has 0 saturated heterocycles. The van der Waals surface area contributed by atoms with E-state index in [1.807, 2.05) is 0 Å². The van der Waals surface area contributed by atoms with Crippen LogP contribution >= 0.6 is 34.8 Å². The molecule has 2 aromatic rings. The molecule has 2 rings (SSSR count). The molecule has 0 fully saturated rings. The highest BCUT2D eigenvalue weighted by atomic mass is 35.5. The van der Waals surface area contributed by atoms with Crippen LogP contribution in [-0.2, 0) is 6.54 Å². The number of amides is 1. The summed E-state index contributed by atoms with van der Waals surface area (Å²) >= 11 is 17.7. The van der Waals surface area contributed by atoms with Gasteiger partial charge in [0, 0.05) is 17.1 Å². The Morgan fingerprint density at radius 3 is 2.67 bits per heavy atom. The number of hydrogen-bond donors (Lipinski definition) is 1. The molecule has 1 N–H and O–H groups in total. The van der Waals surface area contributed by atoms with Crippen molar-refractivity contribution < 1.29 is 9.53 Å². The van der Waals surface area contributed by atoms with E-state index in [9.17, 15) is 4.79 Å². The number of benzene rings is 1. The van der Waals surface area contributed by atoms with Gasteiger partial charge in [0.25, 0.3) is 5.91 Å². The van der Waals surface area contributed by atoms with E-state index in [2.05, 4.69) is 10.3 Å². The lowest BCUT2D eigenvalue weighted by Gasteiger charge is -2.11. The second-order valence-electron chi connectivity index (χ2n) is 4.08. The predicted molar refractivity (Wildman–Crippen MR) is 83.4 cm³/mol. The van der Waals surface area contributed by atoms with Crippen LogP contribution in [-0.4, -0.2) is 18.0 Å². The van der Waals surface area contributed by atoms with Gasteiger partial charge in [-0.25, -0.2) is 4.98 Å². The van der Waals surface area contributed by atoms with Crippen LogP contribution in [0.15, 0.2) is 30.3 Å². The van der Waals surface area contributed by atoms with Crippen LogP contribution in [0.1, 0.15) is 15.9 Å². The third-order valence-corrected chi connectivity index (χ3v) is 3.63. The van der Waals surface area contributed by atoms with Gasteiger partial charge in [0.05, 0.1) is 12.7 Å². The molecule has 0 aliphatic heterocycles. The van der Waals surface area contributed by atoms with E-state index in [-0.39, 0.29) is 28.3 Å². The molecule has 1 aromatic carbocycles. The number of aromatic nitrogens is 1. The third-order valence-electron chi connectivity index (χ3n) is 2.78. The van der Waals surface area contributed by atoms with Crippen LogP contribution in [0.25, 0.3) is 0 Å². The highest BCUT2D eigenvalue weighted by Crippen LogP contribution is 2.26. The summed E-state index contributed by atoms with van der Waals surface area (Å²) in [5, 5.41) is 3.50. The summed E-state index contributed by atoms with van der Waals surface area (Å²) in [6, 6.07) is 8.27. The maximum Gasteiger partial charge on any atom is 0.254 e. The van der Waals surface area contributed by atoms with Gasteiger partial charge in [-0.05, 0) is 24.3 Å². The molecule has 0 aliphatic rings. The quantitative estimate of drug-likeness (QED) is 0.853. The molecule has 0 saturated carbocycles. The SMILES string of the molecule is COc1cccc(Cl)c1CNC(=O)c1ccc(Cl)nc1Cl. The van der Waals surface area contributed by atoms with Gasteiger partial charge in [-0.3, -0.25) is 4.79 Å². The molecule has 1 amide bonds. The van der Waals surface area contributed by atoms with Crippen LogP contribution in [0.4, 0.5) is 0 Å². The largest absolute Gasteiger partial charge is 0.496 e. The van der Waals surface area contributed by atoms with Crippen molar-refractivity contribution in [3.8, 4) is 5.75 Å². The Hall–Kier alpha value is -1.49. The Morgan fingerprint density at radius 1 is 1.24 bits per heavy atom. The Balaban J connectivity index is 2.15. The Labute approximate surface area is 137 Å². The van der Waals surface area contributed by atoms with E-state index in [0.717, 1.165) is 0 Å². The van der Waals surface area contributed by atoms with Gasteiger partial charge in [0.15, 0.2) is 0 Å². The maximum absolute atomic E-state index is 12.1. The number of halogens is 3. The summed E-state index contributed by atoms with van der Waals surface area (Å²) < 4.78 is 5.21. The zero-order valence-corrected chi connectivity index (χ0v) is 13.3. The van der Waals surface area contributed by atoms with Crippen LogP contribution < -0.4 is 10.1 Å². The Morgan fingerprint density at radius 2 is 2.00 bits per heavy atom. The molecular formula is C14H11Cl3N2O2. The standard InChI is InChI=1S/C14H11Cl3N2O2/c1-21-11-4-2-3-10(15)9(11)7-18-14(20)8-5-6-12(16)19-13(8)17/h2-6H,7H2,1H3,(H,18,20). The van der Waals surface area contributed by atoms with Crippen molar-refractivity contribution >= 4 is 40.7 Å². The normalized spacial score (nSPS) is 10.3. The number of carbonyl (C=O) groups excluding carboxylic acids is 1. The van der Waals surface area contributed by atoms with Crippen LogP contribution in [0.3, 0.4) is 0 Å². The summed E-state index contributed by atoms with van der Waals surface area (Å²) in [6.07, 6.45) is 0. The molecule has 0 aliphatic carbocycles. The summed E-state index contributed by atoms with van der Waals surface area (Å²) in [5.41, 5.74) is 0.931. The van der Waals surface area contributed by atoms with Crippen molar-refractivity contribution in [3.05, 3.63) is 56.8 Å². The number of ether oxygens (including phenoxy) is 1. The lowest BCUT2D eigenvalue weighted by Crippen LogP contribution is -2.23. The van der Waals surface area contributed by atoms with Gasteiger partial charge in [-0.2, -0.15) is 0 Å². The van der Waals surface area contributed by atoms with E-state index in [4.69, 9.17) is 39.5 Å². The lowest BCUT2D eigenvalue weighted by atomic mass is 10.2. The first-order chi connectivity index (χ1) is 10.0. The number of hydrogen-bond acceptors (Lipinski definition) is 3. The van der Waals surface area contributed by atoms with Crippen LogP contribution in [0.5, 0.6) is 5.75 Å². The number of pyridine rings is 1. The fourth-order valence-corrected chi connectivity index (χ4v) is 2.41. The molecule has 1 heterocycles. The molecule has 0 unspecified atom stereocenters. The molecular weight excluding hydrogens is 335 g/mol. The highest BCUT2D eigenvalue weighted by Gasteiger charge is 2.14. The number of nitrogens with one attached hydrogen (secondary N) is 1. The van der Waals surface area contributed by atoms with Crippen molar-refractivity contribution in [2.45, 2.75) is 6.54 Å². The molecule has 4 nitrogen and oxygen atoms in total. The van der Waals surface area contributed by atoms with Gasteiger partial charge >= 0.3 is 0 Å². The van der Waals surface area contributed by atoms with Gasteiger partial charge in [0.1, 0.15) is 16.1 Å². The second kappa shape index (κ2) is 6.98. The van der Waals surface area contributed by atoms with Gasteiger partial charge in [-0.1, -0.05) is 40.9 Å². The van der Waals surface area contributed by atoms with Gasteiger partial charge < -0.3 is 10.1 Å². The van der Waals surface area contributed by atoms with E-state index >= 15 is 0 Å². The second-order valence-corrected chi connectivity index (χ2v) is 5.23. The molecule has 0 atom stereocenters. The van der Waals surface area contributed by atoms with Crippen molar-refractivity contribution in [1.29, 1.82) is 0 Å². The monoisotopic (exact) mass is 344 g/mol. The average molecular weight is 346 g/mol. The molecule has 0 radical (unpaired) electrons. The third kappa shape index (κ3) is 3.79. The smallest absolute Gasteiger partial charge is 0.254 e. The van der Waals surface area contributed by atoms with Crippen molar-refractivity contribution in [1.82, 2.24) is 10.3 Å². The number of nitrogens with zero attached hydrogens (tertiary/aromatic N) is 1. The fraction of sp³-hybridized carbons (Fsp3) is 0.143. The fourth-order valence-electron chi connectivity index (χ4n) is 1.75. The van der Waals surface area contributed by atoms with Crippen molar-refractivity contribution in [2.75, 3.05) is 7.11 Å². The highest BCUT2D eigenvalue weighted by molar-refractivity contribution is 6.34. The first kappa shape index (κ1) is 15.9. The zero-order valence-electron chi connectivity index (χ0n) is 11.0. The zero-order chi connectivity index (χ0) is 15.4. The minimum absolute atomic E-state index is 0.0473. The molecule has 0 spiro atoms. The number of carbonyl (C=O) groups is 1. The van der Waals surface area contributed by atoms with Crippen LogP contribution in [0, 0.1) is 0 Å². The van der Waals surface area contributed by atoms with E-state index in [0.29, 0.717) is 16.3 Å². The summed E-state index contributed by atoms with van der Waals surface area (Å²) in [6.45, 7) is 0.209. The topological polar surface area (TPSA) is 51.2 Å². The summed E-state index contributed by atoms with van der Waals surface area (Å²) in [5.74, 6) is 0.231. The molecule has 7 heteroatoms. The number of rotatable bonds is 4. The van der Waals surface area contributed by atoms with Crippen molar-refractivity contribution in [2.24, 2.45) is 0 Å². The Bertz CT molecular complexity index is 677. The minimum Gasteiger partial charge on any atom is -0.496 e. The van der Waals surface area contributed by atoms with Crippen LogP contribution in [0.2, 0.25) is 15.3 Å².